The molecule has 0 aliphatic rings. The smallest absolute Gasteiger partial charge is 0.222 e. The van der Waals surface area contributed by atoms with Crippen LogP contribution in [0.5, 0.6) is 0 Å². The van der Waals surface area contributed by atoms with E-state index in [1.54, 1.807) is 6.08 Å². The fraction of sp³-hybridized carbons (Fsp3) is 0.867. The number of nitro groups is 1. The van der Waals surface area contributed by atoms with Gasteiger partial charge in [-0.15, -0.1) is 0 Å². The van der Waals surface area contributed by atoms with E-state index in [1.807, 2.05) is 6.08 Å². The average Bonchev–Trinajstić information content (AvgIpc) is 2.34. The highest BCUT2D eigenvalue weighted by atomic mass is 16.6. The van der Waals surface area contributed by atoms with Crippen molar-refractivity contribution in [1.29, 1.82) is 0 Å². The van der Waals surface area contributed by atoms with Crippen LogP contribution in [0.3, 0.4) is 0 Å². The van der Waals surface area contributed by atoms with Crippen LogP contribution in [0.25, 0.3) is 0 Å². The molecule has 0 amide bonds. The quantitative estimate of drug-likeness (QED) is 0.198. The number of allylic oxidation sites excluding steroid dienone is 1. The molecule has 0 heterocycles. The third-order valence-corrected chi connectivity index (χ3v) is 3.15. The van der Waals surface area contributed by atoms with Crippen LogP contribution in [0.15, 0.2) is 12.2 Å². The summed E-state index contributed by atoms with van der Waals surface area (Å²) in [4.78, 5) is 9.76. The molecule has 0 radical (unpaired) electrons. The van der Waals surface area contributed by atoms with E-state index in [9.17, 15) is 10.1 Å². The van der Waals surface area contributed by atoms with Crippen molar-refractivity contribution in [2.75, 3.05) is 6.54 Å². The molecular formula is C15H29NO2. The molecule has 0 saturated heterocycles. The van der Waals surface area contributed by atoms with Crippen LogP contribution in [0.4, 0.5) is 0 Å². The fourth-order valence-electron chi connectivity index (χ4n) is 2.03. The van der Waals surface area contributed by atoms with Crippen LogP contribution in [0.2, 0.25) is 0 Å². The lowest BCUT2D eigenvalue weighted by Crippen LogP contribution is -1.95. The molecule has 0 N–H and O–H groups in total. The Hall–Kier alpha value is -0.860. The van der Waals surface area contributed by atoms with E-state index in [0.717, 1.165) is 6.42 Å². The van der Waals surface area contributed by atoms with E-state index in [0.29, 0.717) is 0 Å². The highest BCUT2D eigenvalue weighted by molar-refractivity contribution is 4.80. The van der Waals surface area contributed by atoms with E-state index in [-0.39, 0.29) is 11.5 Å². The van der Waals surface area contributed by atoms with Crippen molar-refractivity contribution in [2.45, 2.75) is 77.6 Å². The minimum atomic E-state index is -0.297. The lowest BCUT2D eigenvalue weighted by Gasteiger charge is -2.01. The summed E-state index contributed by atoms with van der Waals surface area (Å²) in [6.07, 6.45) is 18.0. The fourth-order valence-corrected chi connectivity index (χ4v) is 2.03. The molecule has 18 heavy (non-hydrogen) atoms. The molecule has 0 atom stereocenters. The van der Waals surface area contributed by atoms with Crippen molar-refractivity contribution in [2.24, 2.45) is 0 Å². The molecule has 0 aromatic rings. The molecule has 0 saturated carbocycles. The van der Waals surface area contributed by atoms with Crippen molar-refractivity contribution in [1.82, 2.24) is 0 Å². The molecule has 0 fully saturated rings. The van der Waals surface area contributed by atoms with Crippen LogP contribution >= 0.6 is 0 Å². The van der Waals surface area contributed by atoms with Crippen LogP contribution < -0.4 is 0 Å². The monoisotopic (exact) mass is 255 g/mol. The second kappa shape index (κ2) is 14.2. The largest absolute Gasteiger partial charge is 0.264 e. The molecule has 3 nitrogen and oxygen atoms in total. The predicted octanol–water partition coefficient (Wildman–Crippen LogP) is 5.13. The Kier molecular flexibility index (Phi) is 13.5. The summed E-state index contributed by atoms with van der Waals surface area (Å²) in [5.41, 5.74) is 0. The van der Waals surface area contributed by atoms with Crippen molar-refractivity contribution in [3.8, 4) is 0 Å². The molecule has 106 valence electrons. The van der Waals surface area contributed by atoms with Gasteiger partial charge < -0.3 is 0 Å². The van der Waals surface area contributed by atoms with E-state index >= 15 is 0 Å². The molecule has 0 unspecified atom stereocenters. The standard InChI is InChI=1S/C15H29NO2/c1-2-3-4-5-6-7-8-9-10-11-12-13-14-15-16(17)18/h13-14H,2-12,15H2,1H3/b14-13+. The van der Waals surface area contributed by atoms with Crippen LogP contribution in [0, 0.1) is 10.1 Å². The molecule has 3 heteroatoms. The van der Waals surface area contributed by atoms with E-state index in [2.05, 4.69) is 6.92 Å². The Morgan fingerprint density at radius 3 is 1.83 bits per heavy atom. The van der Waals surface area contributed by atoms with Crippen molar-refractivity contribution < 1.29 is 4.92 Å². The molecular weight excluding hydrogens is 226 g/mol. The summed E-state index contributed by atoms with van der Waals surface area (Å²) in [5.74, 6) is 0. The second-order valence-corrected chi connectivity index (χ2v) is 4.96. The summed E-state index contributed by atoms with van der Waals surface area (Å²) < 4.78 is 0. The highest BCUT2D eigenvalue weighted by Gasteiger charge is 1.92. The first kappa shape index (κ1) is 17.1. The summed E-state index contributed by atoms with van der Waals surface area (Å²) in [6, 6.07) is 0. The van der Waals surface area contributed by atoms with Gasteiger partial charge in [0.1, 0.15) is 0 Å². The van der Waals surface area contributed by atoms with E-state index in [4.69, 9.17) is 0 Å². The van der Waals surface area contributed by atoms with Crippen molar-refractivity contribution in [3.05, 3.63) is 22.3 Å². The van der Waals surface area contributed by atoms with Gasteiger partial charge in [-0.3, -0.25) is 10.1 Å². The van der Waals surface area contributed by atoms with Gasteiger partial charge >= 0.3 is 0 Å². The Labute approximate surface area is 112 Å². The average molecular weight is 255 g/mol. The van der Waals surface area contributed by atoms with Crippen LogP contribution in [0.1, 0.15) is 77.6 Å². The Morgan fingerprint density at radius 2 is 1.33 bits per heavy atom. The molecule has 0 aromatic heterocycles. The number of nitrogens with zero attached hydrogens (tertiary/aromatic N) is 1. The highest BCUT2D eigenvalue weighted by Crippen LogP contribution is 2.11. The molecule has 0 spiro atoms. The lowest BCUT2D eigenvalue weighted by atomic mass is 10.1. The Morgan fingerprint density at radius 1 is 0.833 bits per heavy atom. The number of hydrogen-bond donors (Lipinski definition) is 0. The molecule has 0 aliphatic heterocycles. The maximum atomic E-state index is 10.1. The summed E-state index contributed by atoms with van der Waals surface area (Å²) in [5, 5.41) is 10.1. The maximum Gasteiger partial charge on any atom is 0.222 e. The first-order valence-electron chi connectivity index (χ1n) is 7.54. The summed E-state index contributed by atoms with van der Waals surface area (Å²) in [7, 11) is 0. The van der Waals surface area contributed by atoms with Gasteiger partial charge in [0.2, 0.25) is 6.54 Å². The van der Waals surface area contributed by atoms with Crippen molar-refractivity contribution >= 4 is 0 Å². The van der Waals surface area contributed by atoms with E-state index < -0.39 is 0 Å². The minimum absolute atomic E-state index is 0.0300. The van der Waals surface area contributed by atoms with E-state index in [1.165, 1.54) is 64.2 Å². The Bertz CT molecular complexity index is 215. The van der Waals surface area contributed by atoms with Crippen LogP contribution in [-0.4, -0.2) is 11.5 Å². The maximum absolute atomic E-state index is 10.1. The molecule has 0 aliphatic carbocycles. The summed E-state index contributed by atoms with van der Waals surface area (Å²) in [6.45, 7) is 2.22. The SMILES string of the molecule is CCCCCCCCCCCC/C=C/C[N+](=O)[O-]. The molecule has 0 aromatic carbocycles. The number of hydrogen-bond acceptors (Lipinski definition) is 2. The first-order valence-corrected chi connectivity index (χ1v) is 7.54. The lowest BCUT2D eigenvalue weighted by molar-refractivity contribution is -0.468. The van der Waals surface area contributed by atoms with Gasteiger partial charge in [-0.1, -0.05) is 70.8 Å². The van der Waals surface area contributed by atoms with Gasteiger partial charge in [0.05, 0.1) is 0 Å². The zero-order valence-corrected chi connectivity index (χ0v) is 11.9. The van der Waals surface area contributed by atoms with Gasteiger partial charge in [0.25, 0.3) is 0 Å². The summed E-state index contributed by atoms with van der Waals surface area (Å²) >= 11 is 0. The number of rotatable bonds is 13. The van der Waals surface area contributed by atoms with Gasteiger partial charge in [0, 0.05) is 4.92 Å². The topological polar surface area (TPSA) is 43.1 Å². The van der Waals surface area contributed by atoms with Gasteiger partial charge in [0.15, 0.2) is 0 Å². The van der Waals surface area contributed by atoms with Crippen LogP contribution in [-0.2, 0) is 0 Å². The third-order valence-electron chi connectivity index (χ3n) is 3.15. The number of unbranched alkanes of at least 4 members (excludes halogenated alkanes) is 10. The van der Waals surface area contributed by atoms with Gasteiger partial charge in [-0.05, 0) is 18.9 Å². The third kappa shape index (κ3) is 15.1. The molecule has 0 bridgehead atoms. The molecule has 0 rings (SSSR count). The second-order valence-electron chi connectivity index (χ2n) is 4.96. The zero-order chi connectivity index (χ0) is 13.5. The normalized spacial score (nSPS) is 11.2. The zero-order valence-electron chi connectivity index (χ0n) is 11.9. The first-order chi connectivity index (χ1) is 8.77. The minimum Gasteiger partial charge on any atom is -0.264 e. The Balaban J connectivity index is 3.03. The van der Waals surface area contributed by atoms with Gasteiger partial charge in [-0.2, -0.15) is 0 Å². The van der Waals surface area contributed by atoms with Crippen molar-refractivity contribution in [3.63, 3.8) is 0 Å². The van der Waals surface area contributed by atoms with Gasteiger partial charge in [-0.25, -0.2) is 0 Å². The predicted molar refractivity (Wildman–Crippen MR) is 77.5 cm³/mol.